The van der Waals surface area contributed by atoms with E-state index in [0.717, 1.165) is 35.2 Å². The zero-order valence-electron chi connectivity index (χ0n) is 10.5. The highest BCUT2D eigenvalue weighted by Gasteiger charge is 2.03. The van der Waals surface area contributed by atoms with E-state index in [2.05, 4.69) is 41.9 Å². The Morgan fingerprint density at radius 1 is 1.41 bits per heavy atom. The lowest BCUT2D eigenvalue weighted by molar-refractivity contribution is 0.316. The van der Waals surface area contributed by atoms with Gasteiger partial charge in [0.25, 0.3) is 0 Å². The molecular formula is C14H20BrNO. The van der Waals surface area contributed by atoms with Gasteiger partial charge >= 0.3 is 0 Å². The summed E-state index contributed by atoms with van der Waals surface area (Å²) in [5.74, 6) is 0.925. The molecule has 0 bridgehead atoms. The summed E-state index contributed by atoms with van der Waals surface area (Å²) in [6, 6.07) is 6.06. The van der Waals surface area contributed by atoms with Gasteiger partial charge in [-0.1, -0.05) is 41.4 Å². The van der Waals surface area contributed by atoms with Gasteiger partial charge in [0.15, 0.2) is 0 Å². The van der Waals surface area contributed by atoms with E-state index in [-0.39, 0.29) is 0 Å². The van der Waals surface area contributed by atoms with Crippen molar-refractivity contribution in [3.05, 3.63) is 33.8 Å². The van der Waals surface area contributed by atoms with Gasteiger partial charge in [0.1, 0.15) is 5.75 Å². The van der Waals surface area contributed by atoms with Crippen LogP contribution in [-0.2, 0) is 0 Å². The molecule has 0 fully saturated rings. The molecule has 1 aromatic carbocycles. The van der Waals surface area contributed by atoms with E-state index >= 15 is 0 Å². The summed E-state index contributed by atoms with van der Waals surface area (Å²) in [6.45, 7) is 5.55. The molecule has 0 aliphatic rings. The standard InChI is InChI=1S/C14H20BrNO/c1-3-7-17-14-6-5-13(15)9-12(14)8-11(4-2)10-16/h5-6,8-9H,3-4,7,10,16H2,1-2H3. The lowest BCUT2D eigenvalue weighted by atomic mass is 10.1. The fourth-order valence-corrected chi connectivity index (χ4v) is 1.88. The maximum absolute atomic E-state index is 5.72. The molecule has 94 valence electrons. The van der Waals surface area contributed by atoms with Gasteiger partial charge in [0.05, 0.1) is 6.61 Å². The van der Waals surface area contributed by atoms with Crippen LogP contribution in [0.15, 0.2) is 28.2 Å². The van der Waals surface area contributed by atoms with Crippen molar-refractivity contribution in [2.24, 2.45) is 5.73 Å². The number of hydrogen-bond donors (Lipinski definition) is 1. The molecule has 17 heavy (non-hydrogen) atoms. The van der Waals surface area contributed by atoms with Gasteiger partial charge in [0, 0.05) is 16.6 Å². The lowest BCUT2D eigenvalue weighted by Crippen LogP contribution is -2.02. The van der Waals surface area contributed by atoms with Crippen molar-refractivity contribution < 1.29 is 4.74 Å². The summed E-state index contributed by atoms with van der Waals surface area (Å²) in [7, 11) is 0. The molecule has 1 aromatic rings. The first kappa shape index (κ1) is 14.3. The smallest absolute Gasteiger partial charge is 0.126 e. The third-order valence-corrected chi connectivity index (χ3v) is 3.00. The van der Waals surface area contributed by atoms with E-state index in [1.807, 2.05) is 12.1 Å². The summed E-state index contributed by atoms with van der Waals surface area (Å²) in [6.07, 6.45) is 4.10. The van der Waals surface area contributed by atoms with Gasteiger partial charge in [-0.25, -0.2) is 0 Å². The summed E-state index contributed by atoms with van der Waals surface area (Å²) in [5, 5.41) is 0. The summed E-state index contributed by atoms with van der Waals surface area (Å²) in [5.41, 5.74) is 8.02. The van der Waals surface area contributed by atoms with Crippen LogP contribution in [0.3, 0.4) is 0 Å². The monoisotopic (exact) mass is 297 g/mol. The Hall–Kier alpha value is -0.800. The molecule has 0 saturated heterocycles. The third kappa shape index (κ3) is 4.52. The maximum atomic E-state index is 5.72. The third-order valence-electron chi connectivity index (χ3n) is 2.51. The summed E-state index contributed by atoms with van der Waals surface area (Å²) < 4.78 is 6.78. The van der Waals surface area contributed by atoms with Crippen LogP contribution < -0.4 is 10.5 Å². The Morgan fingerprint density at radius 3 is 2.76 bits per heavy atom. The van der Waals surface area contributed by atoms with Gasteiger partial charge in [0.2, 0.25) is 0 Å². The predicted molar refractivity (Wildman–Crippen MR) is 77.3 cm³/mol. The molecule has 0 atom stereocenters. The fourth-order valence-electron chi connectivity index (χ4n) is 1.50. The van der Waals surface area contributed by atoms with Gasteiger partial charge in [-0.3, -0.25) is 0 Å². The van der Waals surface area contributed by atoms with E-state index in [0.29, 0.717) is 6.54 Å². The highest BCUT2D eigenvalue weighted by Crippen LogP contribution is 2.26. The molecule has 0 amide bonds. The second kappa shape index (κ2) is 7.51. The molecule has 0 aliphatic carbocycles. The van der Waals surface area contributed by atoms with Crippen molar-refractivity contribution in [2.45, 2.75) is 26.7 Å². The number of ether oxygens (including phenoxy) is 1. The Balaban J connectivity index is 3.01. The molecule has 2 N–H and O–H groups in total. The van der Waals surface area contributed by atoms with E-state index in [1.165, 1.54) is 5.57 Å². The number of benzene rings is 1. The van der Waals surface area contributed by atoms with Crippen molar-refractivity contribution in [1.82, 2.24) is 0 Å². The normalized spacial score (nSPS) is 11.6. The van der Waals surface area contributed by atoms with Gasteiger partial charge in [-0.05, 0) is 31.0 Å². The van der Waals surface area contributed by atoms with E-state index < -0.39 is 0 Å². The van der Waals surface area contributed by atoms with Crippen LogP contribution in [0, 0.1) is 0 Å². The van der Waals surface area contributed by atoms with Crippen LogP contribution in [0.2, 0.25) is 0 Å². The largest absolute Gasteiger partial charge is 0.493 e. The van der Waals surface area contributed by atoms with Crippen molar-refractivity contribution in [3.8, 4) is 5.75 Å². The Kier molecular flexibility index (Phi) is 6.30. The summed E-state index contributed by atoms with van der Waals surface area (Å²) in [4.78, 5) is 0. The van der Waals surface area contributed by atoms with Crippen molar-refractivity contribution in [2.75, 3.05) is 13.2 Å². The van der Waals surface area contributed by atoms with E-state index in [9.17, 15) is 0 Å². The molecule has 0 unspecified atom stereocenters. The van der Waals surface area contributed by atoms with Gasteiger partial charge < -0.3 is 10.5 Å². The first-order valence-corrected chi connectivity index (χ1v) is 6.82. The molecule has 0 radical (unpaired) electrons. The van der Waals surface area contributed by atoms with E-state index in [4.69, 9.17) is 10.5 Å². The van der Waals surface area contributed by atoms with Crippen LogP contribution >= 0.6 is 15.9 Å². The zero-order chi connectivity index (χ0) is 12.7. The second-order valence-corrected chi connectivity index (χ2v) is 4.81. The second-order valence-electron chi connectivity index (χ2n) is 3.89. The summed E-state index contributed by atoms with van der Waals surface area (Å²) >= 11 is 3.48. The molecule has 0 spiro atoms. The minimum atomic E-state index is 0.593. The van der Waals surface area contributed by atoms with Crippen LogP contribution in [0.4, 0.5) is 0 Å². The molecule has 3 heteroatoms. The average molecular weight is 298 g/mol. The van der Waals surface area contributed by atoms with Crippen LogP contribution in [0.25, 0.3) is 6.08 Å². The Bertz CT molecular complexity index is 382. The average Bonchev–Trinajstić information content (AvgIpc) is 2.35. The SMILES string of the molecule is CCCOc1ccc(Br)cc1C=C(CC)CN. The molecule has 0 aliphatic heterocycles. The van der Waals surface area contributed by atoms with E-state index in [1.54, 1.807) is 0 Å². The number of hydrogen-bond acceptors (Lipinski definition) is 2. The van der Waals surface area contributed by atoms with Crippen molar-refractivity contribution in [1.29, 1.82) is 0 Å². The first-order valence-electron chi connectivity index (χ1n) is 6.03. The first-order chi connectivity index (χ1) is 8.21. The molecule has 0 aromatic heterocycles. The highest BCUT2D eigenvalue weighted by molar-refractivity contribution is 9.10. The van der Waals surface area contributed by atoms with Gasteiger partial charge in [-0.2, -0.15) is 0 Å². The molecule has 0 heterocycles. The van der Waals surface area contributed by atoms with Crippen molar-refractivity contribution in [3.63, 3.8) is 0 Å². The topological polar surface area (TPSA) is 35.2 Å². The molecule has 0 saturated carbocycles. The van der Waals surface area contributed by atoms with Crippen LogP contribution in [-0.4, -0.2) is 13.2 Å². The van der Waals surface area contributed by atoms with Crippen LogP contribution in [0.5, 0.6) is 5.75 Å². The van der Waals surface area contributed by atoms with Crippen LogP contribution in [0.1, 0.15) is 32.3 Å². The minimum Gasteiger partial charge on any atom is -0.493 e. The number of rotatable bonds is 6. The highest BCUT2D eigenvalue weighted by atomic mass is 79.9. The fraction of sp³-hybridized carbons (Fsp3) is 0.429. The minimum absolute atomic E-state index is 0.593. The molecule has 2 nitrogen and oxygen atoms in total. The molecule has 1 rings (SSSR count). The van der Waals surface area contributed by atoms with Gasteiger partial charge in [-0.15, -0.1) is 0 Å². The predicted octanol–water partition coefficient (Wildman–Crippen LogP) is 3.99. The maximum Gasteiger partial charge on any atom is 0.126 e. The quantitative estimate of drug-likeness (QED) is 0.862. The lowest BCUT2D eigenvalue weighted by Gasteiger charge is -2.10. The number of nitrogens with two attached hydrogens (primary N) is 1. The molecular weight excluding hydrogens is 278 g/mol. The number of halogens is 1. The Labute approximate surface area is 112 Å². The zero-order valence-corrected chi connectivity index (χ0v) is 12.1. The van der Waals surface area contributed by atoms with Crippen molar-refractivity contribution >= 4 is 22.0 Å². The Morgan fingerprint density at radius 2 is 2.18 bits per heavy atom.